The van der Waals surface area contributed by atoms with Gasteiger partial charge in [0.15, 0.2) is 0 Å². The van der Waals surface area contributed by atoms with Crippen LogP contribution in [-0.4, -0.2) is 46.3 Å². The van der Waals surface area contributed by atoms with Gasteiger partial charge in [0.2, 0.25) is 0 Å². The Bertz CT molecular complexity index is 367. The summed E-state index contributed by atoms with van der Waals surface area (Å²) in [6.45, 7) is 7.44. The summed E-state index contributed by atoms with van der Waals surface area (Å²) in [7, 11) is 0. The van der Waals surface area contributed by atoms with Gasteiger partial charge < -0.3 is 10.4 Å². The van der Waals surface area contributed by atoms with Gasteiger partial charge in [-0.3, -0.25) is 9.88 Å². The van der Waals surface area contributed by atoms with Gasteiger partial charge in [-0.1, -0.05) is 6.07 Å². The van der Waals surface area contributed by atoms with Crippen LogP contribution in [0.4, 0.5) is 0 Å². The molecule has 1 aromatic heterocycles. The van der Waals surface area contributed by atoms with Crippen LogP contribution >= 0.6 is 0 Å². The number of aliphatic hydroxyl groups is 1. The molecule has 1 aliphatic heterocycles. The molecule has 4 nitrogen and oxygen atoms in total. The minimum Gasteiger partial charge on any atom is -0.396 e. The number of nitrogens with zero attached hydrogens (tertiary/aromatic N) is 2. The van der Waals surface area contributed by atoms with Gasteiger partial charge in [0.25, 0.3) is 0 Å². The lowest BCUT2D eigenvalue weighted by molar-refractivity contribution is 0.0705. The largest absolute Gasteiger partial charge is 0.396 e. The summed E-state index contributed by atoms with van der Waals surface area (Å²) in [5.41, 5.74) is 1.22. The molecule has 18 heavy (non-hydrogen) atoms. The molecule has 0 radical (unpaired) electrons. The SMILES string of the molecule is CC1(C)CN(Cc2ccccn2)C(CCO)CN1. The third-order valence-corrected chi connectivity index (χ3v) is 3.48. The minimum atomic E-state index is 0.126. The number of aliphatic hydroxyl groups excluding tert-OH is 1. The van der Waals surface area contributed by atoms with Gasteiger partial charge in [-0.2, -0.15) is 0 Å². The van der Waals surface area contributed by atoms with Crippen molar-refractivity contribution in [3.05, 3.63) is 30.1 Å². The predicted octanol–water partition coefficient (Wildman–Crippen LogP) is 1.02. The number of aromatic nitrogens is 1. The number of piperazine rings is 1. The van der Waals surface area contributed by atoms with E-state index in [-0.39, 0.29) is 12.1 Å². The average Bonchev–Trinajstić information content (AvgIpc) is 2.34. The average molecular weight is 249 g/mol. The van der Waals surface area contributed by atoms with Crippen LogP contribution in [0.1, 0.15) is 26.0 Å². The van der Waals surface area contributed by atoms with Crippen molar-refractivity contribution < 1.29 is 5.11 Å². The Labute approximate surface area is 109 Å². The highest BCUT2D eigenvalue weighted by atomic mass is 16.3. The summed E-state index contributed by atoms with van der Waals surface area (Å²) in [6.07, 6.45) is 2.65. The Balaban J connectivity index is 2.05. The summed E-state index contributed by atoms with van der Waals surface area (Å²) in [4.78, 5) is 6.82. The smallest absolute Gasteiger partial charge is 0.0544 e. The second-order valence-electron chi connectivity index (χ2n) is 5.66. The number of hydrogen-bond donors (Lipinski definition) is 2. The standard InChI is InChI=1S/C14H23N3O/c1-14(2)11-17(13(6-8-18)9-16-14)10-12-5-3-4-7-15-12/h3-5,7,13,16,18H,6,8-11H2,1-2H3. The Morgan fingerprint density at radius 2 is 2.33 bits per heavy atom. The molecule has 1 fully saturated rings. The number of hydrogen-bond acceptors (Lipinski definition) is 4. The van der Waals surface area contributed by atoms with E-state index in [1.807, 2.05) is 18.3 Å². The fourth-order valence-electron chi connectivity index (χ4n) is 2.53. The van der Waals surface area contributed by atoms with Crippen LogP contribution in [0.15, 0.2) is 24.4 Å². The number of rotatable bonds is 4. The van der Waals surface area contributed by atoms with Crippen LogP contribution < -0.4 is 5.32 Å². The third kappa shape index (κ3) is 3.51. The quantitative estimate of drug-likeness (QED) is 0.836. The Kier molecular flexibility index (Phi) is 4.32. The molecule has 0 amide bonds. The zero-order chi connectivity index (χ0) is 13.0. The van der Waals surface area contributed by atoms with E-state index in [0.717, 1.165) is 31.7 Å². The van der Waals surface area contributed by atoms with Gasteiger partial charge in [-0.25, -0.2) is 0 Å². The van der Waals surface area contributed by atoms with Crippen molar-refractivity contribution in [1.29, 1.82) is 0 Å². The number of nitrogens with one attached hydrogen (secondary N) is 1. The molecule has 0 aliphatic carbocycles. The monoisotopic (exact) mass is 249 g/mol. The molecular formula is C14H23N3O. The molecule has 2 heterocycles. The number of pyridine rings is 1. The first-order valence-corrected chi connectivity index (χ1v) is 6.60. The van der Waals surface area contributed by atoms with Crippen LogP contribution in [0.3, 0.4) is 0 Å². The molecule has 1 aliphatic rings. The zero-order valence-electron chi connectivity index (χ0n) is 11.3. The van der Waals surface area contributed by atoms with Gasteiger partial charge in [-0.05, 0) is 32.4 Å². The van der Waals surface area contributed by atoms with Gasteiger partial charge in [0.05, 0.1) is 5.69 Å². The fraction of sp³-hybridized carbons (Fsp3) is 0.643. The van der Waals surface area contributed by atoms with Crippen LogP contribution in [0.2, 0.25) is 0 Å². The molecular weight excluding hydrogens is 226 g/mol. The predicted molar refractivity (Wildman–Crippen MR) is 72.2 cm³/mol. The maximum absolute atomic E-state index is 9.16. The Morgan fingerprint density at radius 1 is 1.50 bits per heavy atom. The molecule has 0 spiro atoms. The maximum Gasteiger partial charge on any atom is 0.0544 e. The highest BCUT2D eigenvalue weighted by Gasteiger charge is 2.32. The molecule has 1 saturated heterocycles. The third-order valence-electron chi connectivity index (χ3n) is 3.48. The van der Waals surface area contributed by atoms with Crippen molar-refractivity contribution in [3.8, 4) is 0 Å². The van der Waals surface area contributed by atoms with E-state index in [4.69, 9.17) is 5.11 Å². The molecule has 0 bridgehead atoms. The molecule has 0 aromatic carbocycles. The van der Waals surface area contributed by atoms with Crippen molar-refractivity contribution in [2.75, 3.05) is 19.7 Å². The highest BCUT2D eigenvalue weighted by molar-refractivity contribution is 5.05. The lowest BCUT2D eigenvalue weighted by atomic mass is 9.97. The van der Waals surface area contributed by atoms with Crippen molar-refractivity contribution in [3.63, 3.8) is 0 Å². The van der Waals surface area contributed by atoms with E-state index in [2.05, 4.69) is 35.1 Å². The summed E-state index contributed by atoms with van der Waals surface area (Å²) in [6, 6.07) is 6.42. The molecule has 0 saturated carbocycles. The first-order chi connectivity index (χ1) is 8.61. The van der Waals surface area contributed by atoms with E-state index in [1.54, 1.807) is 0 Å². The van der Waals surface area contributed by atoms with E-state index in [9.17, 15) is 0 Å². The second kappa shape index (κ2) is 5.78. The summed E-state index contributed by atoms with van der Waals surface area (Å²) < 4.78 is 0. The van der Waals surface area contributed by atoms with Gasteiger partial charge >= 0.3 is 0 Å². The molecule has 1 atom stereocenters. The molecule has 100 valence electrons. The maximum atomic E-state index is 9.16. The summed E-state index contributed by atoms with van der Waals surface area (Å²) >= 11 is 0. The van der Waals surface area contributed by atoms with E-state index >= 15 is 0 Å². The Hall–Kier alpha value is -0.970. The lowest BCUT2D eigenvalue weighted by Crippen LogP contribution is -2.61. The first kappa shape index (κ1) is 13.5. The van der Waals surface area contributed by atoms with Crippen molar-refractivity contribution in [2.24, 2.45) is 0 Å². The van der Waals surface area contributed by atoms with E-state index in [1.165, 1.54) is 0 Å². The van der Waals surface area contributed by atoms with Gasteiger partial charge in [0.1, 0.15) is 0 Å². The Morgan fingerprint density at radius 3 is 3.00 bits per heavy atom. The fourth-order valence-corrected chi connectivity index (χ4v) is 2.53. The van der Waals surface area contributed by atoms with Crippen LogP contribution in [0.5, 0.6) is 0 Å². The van der Waals surface area contributed by atoms with Crippen molar-refractivity contribution in [2.45, 2.75) is 38.4 Å². The normalized spacial score (nSPS) is 24.1. The van der Waals surface area contributed by atoms with Crippen LogP contribution in [0.25, 0.3) is 0 Å². The molecule has 2 N–H and O–H groups in total. The summed E-state index contributed by atoms with van der Waals surface area (Å²) in [5.74, 6) is 0. The highest BCUT2D eigenvalue weighted by Crippen LogP contribution is 2.19. The zero-order valence-corrected chi connectivity index (χ0v) is 11.3. The summed E-state index contributed by atoms with van der Waals surface area (Å²) in [5, 5.41) is 12.7. The van der Waals surface area contributed by atoms with Crippen LogP contribution in [0, 0.1) is 0 Å². The van der Waals surface area contributed by atoms with Crippen molar-refractivity contribution in [1.82, 2.24) is 15.2 Å². The molecule has 1 aromatic rings. The molecule has 2 rings (SSSR count). The van der Waals surface area contributed by atoms with Crippen molar-refractivity contribution >= 4 is 0 Å². The van der Waals surface area contributed by atoms with Gasteiger partial charge in [-0.15, -0.1) is 0 Å². The first-order valence-electron chi connectivity index (χ1n) is 6.60. The van der Waals surface area contributed by atoms with Crippen LogP contribution in [-0.2, 0) is 6.54 Å². The molecule has 4 heteroatoms. The second-order valence-corrected chi connectivity index (χ2v) is 5.66. The lowest BCUT2D eigenvalue weighted by Gasteiger charge is -2.44. The minimum absolute atomic E-state index is 0.126. The molecule has 1 unspecified atom stereocenters. The van der Waals surface area contributed by atoms with Gasteiger partial charge in [0, 0.05) is 44.0 Å². The van der Waals surface area contributed by atoms with E-state index < -0.39 is 0 Å². The topological polar surface area (TPSA) is 48.4 Å². The van der Waals surface area contributed by atoms with E-state index in [0.29, 0.717) is 6.04 Å².